The van der Waals surface area contributed by atoms with Crippen LogP contribution in [0.25, 0.3) is 11.7 Å². The normalized spacial score (nSPS) is 16.8. The summed E-state index contributed by atoms with van der Waals surface area (Å²) in [6, 6.07) is 23.2. The Bertz CT molecular complexity index is 1660. The number of aromatic nitrogens is 2. The molecular formula is C30H27N5O3S2. The molecule has 2 aromatic heterocycles. The van der Waals surface area contributed by atoms with E-state index in [0.717, 1.165) is 30.1 Å². The highest BCUT2D eigenvalue weighted by atomic mass is 32.2. The van der Waals surface area contributed by atoms with Crippen LogP contribution in [-0.4, -0.2) is 57.8 Å². The molecule has 4 aromatic rings. The standard InChI is InChI=1S/C30H27N5O3S2/c1-38-23-12-10-22(11-13-23)32-15-17-33(18-16-32)27-24(28(36)34-14-6-5-9-26(34)31-27)19-25-29(37)35(30(39)40-25)20-21-7-3-2-4-8-21/h2-14,19H,15-18,20H2,1H3/b25-19-. The Kier molecular flexibility index (Phi) is 7.27. The van der Waals surface area contributed by atoms with Crippen LogP contribution in [-0.2, 0) is 11.3 Å². The second-order valence-corrected chi connectivity index (χ2v) is 11.2. The minimum atomic E-state index is -0.216. The summed E-state index contributed by atoms with van der Waals surface area (Å²) in [6.07, 6.45) is 3.37. The summed E-state index contributed by atoms with van der Waals surface area (Å²) in [5.74, 6) is 1.20. The fraction of sp³-hybridized carbons (Fsp3) is 0.200. The van der Waals surface area contributed by atoms with Crippen molar-refractivity contribution in [3.05, 3.63) is 105 Å². The number of methoxy groups -OCH3 is 1. The van der Waals surface area contributed by atoms with Crippen LogP contribution in [0.5, 0.6) is 5.75 Å². The van der Waals surface area contributed by atoms with Crippen LogP contribution in [0.3, 0.4) is 0 Å². The van der Waals surface area contributed by atoms with E-state index in [9.17, 15) is 9.59 Å². The maximum absolute atomic E-state index is 13.7. The molecular weight excluding hydrogens is 542 g/mol. The minimum Gasteiger partial charge on any atom is -0.497 e. The average Bonchev–Trinajstić information content (AvgIpc) is 3.26. The molecule has 0 spiro atoms. The van der Waals surface area contributed by atoms with Crippen LogP contribution in [0.2, 0.25) is 0 Å². The van der Waals surface area contributed by atoms with Gasteiger partial charge < -0.3 is 14.5 Å². The largest absolute Gasteiger partial charge is 0.497 e. The van der Waals surface area contributed by atoms with Crippen molar-refractivity contribution in [1.29, 1.82) is 0 Å². The number of carbonyl (C=O) groups excluding carboxylic acids is 1. The van der Waals surface area contributed by atoms with Crippen LogP contribution in [0.4, 0.5) is 11.5 Å². The van der Waals surface area contributed by atoms with Gasteiger partial charge in [0, 0.05) is 38.1 Å². The minimum absolute atomic E-state index is 0.202. The van der Waals surface area contributed by atoms with Crippen molar-refractivity contribution in [1.82, 2.24) is 14.3 Å². The monoisotopic (exact) mass is 569 g/mol. The van der Waals surface area contributed by atoms with Crippen molar-refractivity contribution in [2.45, 2.75) is 6.54 Å². The Balaban J connectivity index is 1.31. The van der Waals surface area contributed by atoms with Crippen LogP contribution in [0.15, 0.2) is 88.7 Å². The number of hydrogen-bond acceptors (Lipinski definition) is 8. The van der Waals surface area contributed by atoms with Gasteiger partial charge in [0.05, 0.1) is 24.1 Å². The van der Waals surface area contributed by atoms with Gasteiger partial charge in [-0.25, -0.2) is 4.98 Å². The number of piperazine rings is 1. The number of ether oxygens (including phenoxy) is 1. The fourth-order valence-corrected chi connectivity index (χ4v) is 6.20. The van der Waals surface area contributed by atoms with Crippen molar-refractivity contribution in [2.75, 3.05) is 43.1 Å². The molecule has 0 unspecified atom stereocenters. The first-order chi connectivity index (χ1) is 19.5. The molecule has 0 aliphatic carbocycles. The molecule has 0 atom stereocenters. The van der Waals surface area contributed by atoms with Gasteiger partial charge in [-0.3, -0.25) is 18.9 Å². The smallest absolute Gasteiger partial charge is 0.267 e. The number of carbonyl (C=O) groups is 1. The van der Waals surface area contributed by atoms with E-state index in [0.29, 0.717) is 45.9 Å². The molecule has 202 valence electrons. The maximum atomic E-state index is 13.7. The van der Waals surface area contributed by atoms with Crippen LogP contribution in [0.1, 0.15) is 11.1 Å². The van der Waals surface area contributed by atoms with Crippen LogP contribution in [0, 0.1) is 0 Å². The SMILES string of the molecule is COc1ccc(N2CCN(c3nc4ccccn4c(=O)c3/C=C3\SC(=S)N(Cc4ccccc4)C3=O)CC2)cc1. The number of benzene rings is 2. The summed E-state index contributed by atoms with van der Waals surface area (Å²) in [5.41, 5.74) is 2.85. The van der Waals surface area contributed by atoms with Gasteiger partial charge in [0.15, 0.2) is 0 Å². The maximum Gasteiger partial charge on any atom is 0.267 e. The highest BCUT2D eigenvalue weighted by molar-refractivity contribution is 8.26. The number of thioether (sulfide) groups is 1. The molecule has 0 saturated carbocycles. The number of pyridine rings is 1. The Morgan fingerprint density at radius 1 is 0.925 bits per heavy atom. The summed E-state index contributed by atoms with van der Waals surface area (Å²) in [5, 5.41) is 0. The van der Waals surface area contributed by atoms with Crippen molar-refractivity contribution in [2.24, 2.45) is 0 Å². The first kappa shape index (κ1) is 26.1. The van der Waals surface area contributed by atoms with Crippen molar-refractivity contribution in [3.63, 3.8) is 0 Å². The quantitative estimate of drug-likeness (QED) is 0.250. The molecule has 2 saturated heterocycles. The summed E-state index contributed by atoms with van der Waals surface area (Å²) in [7, 11) is 1.66. The van der Waals surface area contributed by atoms with Gasteiger partial charge in [-0.15, -0.1) is 0 Å². The van der Waals surface area contributed by atoms with E-state index in [-0.39, 0.29) is 11.5 Å². The second kappa shape index (κ2) is 11.1. The van der Waals surface area contributed by atoms with E-state index in [4.69, 9.17) is 21.9 Å². The number of fused-ring (bicyclic) bond motifs is 1. The van der Waals surface area contributed by atoms with Gasteiger partial charge in [-0.2, -0.15) is 0 Å². The molecule has 2 fully saturated rings. The topological polar surface area (TPSA) is 70.4 Å². The Morgan fingerprint density at radius 3 is 2.35 bits per heavy atom. The van der Waals surface area contributed by atoms with Gasteiger partial charge in [0.2, 0.25) is 0 Å². The third-order valence-corrected chi connectivity index (χ3v) is 8.48. The van der Waals surface area contributed by atoms with E-state index in [1.165, 1.54) is 16.2 Å². The summed E-state index contributed by atoms with van der Waals surface area (Å²) in [4.78, 5) is 38.5. The van der Waals surface area contributed by atoms with Crippen molar-refractivity contribution >= 4 is 57.4 Å². The van der Waals surface area contributed by atoms with E-state index in [1.807, 2.05) is 54.6 Å². The van der Waals surface area contributed by atoms with Crippen LogP contribution >= 0.6 is 24.0 Å². The summed E-state index contributed by atoms with van der Waals surface area (Å²) in [6.45, 7) is 3.27. The van der Waals surface area contributed by atoms with Gasteiger partial charge in [0.1, 0.15) is 21.5 Å². The van der Waals surface area contributed by atoms with Gasteiger partial charge in [-0.1, -0.05) is 60.4 Å². The van der Waals surface area contributed by atoms with Crippen molar-refractivity contribution < 1.29 is 9.53 Å². The third-order valence-electron chi connectivity index (χ3n) is 7.10. The molecule has 0 N–H and O–H groups in total. The molecule has 2 aliphatic rings. The zero-order valence-electron chi connectivity index (χ0n) is 21.9. The number of anilines is 2. The molecule has 1 amide bonds. The third kappa shape index (κ3) is 5.07. The molecule has 4 heterocycles. The molecule has 2 aromatic carbocycles. The molecule has 2 aliphatic heterocycles. The predicted octanol–water partition coefficient (Wildman–Crippen LogP) is 4.43. The van der Waals surface area contributed by atoms with Crippen LogP contribution < -0.4 is 20.1 Å². The number of rotatable bonds is 6. The lowest BCUT2D eigenvalue weighted by molar-refractivity contribution is -0.122. The zero-order chi connectivity index (χ0) is 27.6. The lowest BCUT2D eigenvalue weighted by Gasteiger charge is -2.37. The molecule has 8 nitrogen and oxygen atoms in total. The molecule has 40 heavy (non-hydrogen) atoms. The van der Waals surface area contributed by atoms with E-state index in [1.54, 1.807) is 30.3 Å². The second-order valence-electron chi connectivity index (χ2n) is 9.51. The highest BCUT2D eigenvalue weighted by Gasteiger charge is 2.33. The van der Waals surface area contributed by atoms with E-state index < -0.39 is 0 Å². The number of amides is 1. The molecule has 0 radical (unpaired) electrons. The van der Waals surface area contributed by atoms with Gasteiger partial charge in [0.25, 0.3) is 11.5 Å². The van der Waals surface area contributed by atoms with E-state index >= 15 is 0 Å². The average molecular weight is 570 g/mol. The van der Waals surface area contributed by atoms with E-state index in [2.05, 4.69) is 21.9 Å². The van der Waals surface area contributed by atoms with Crippen molar-refractivity contribution in [3.8, 4) is 5.75 Å². The number of hydrogen-bond donors (Lipinski definition) is 0. The fourth-order valence-electron chi connectivity index (χ4n) is 4.96. The predicted molar refractivity (Wildman–Crippen MR) is 164 cm³/mol. The lowest BCUT2D eigenvalue weighted by Crippen LogP contribution is -2.47. The molecule has 10 heteroatoms. The Morgan fingerprint density at radius 2 is 1.62 bits per heavy atom. The first-order valence-corrected chi connectivity index (χ1v) is 14.2. The number of thiocarbonyl (C=S) groups is 1. The van der Waals surface area contributed by atoms with Gasteiger partial charge >= 0.3 is 0 Å². The zero-order valence-corrected chi connectivity index (χ0v) is 23.5. The summed E-state index contributed by atoms with van der Waals surface area (Å²) >= 11 is 6.78. The summed E-state index contributed by atoms with van der Waals surface area (Å²) < 4.78 is 7.28. The Hall–Kier alpha value is -4.15. The highest BCUT2D eigenvalue weighted by Crippen LogP contribution is 2.34. The number of nitrogens with zero attached hydrogens (tertiary/aromatic N) is 5. The lowest BCUT2D eigenvalue weighted by atomic mass is 10.2. The van der Waals surface area contributed by atoms with Gasteiger partial charge in [-0.05, 0) is 48.0 Å². The molecule has 6 rings (SSSR count). The first-order valence-electron chi connectivity index (χ1n) is 13.0. The molecule has 0 bridgehead atoms. The Labute approximate surface area is 241 Å².